The molecule has 0 spiro atoms. The van der Waals surface area contributed by atoms with E-state index in [4.69, 9.17) is 0 Å². The maximum absolute atomic E-state index is 13.8. The monoisotopic (exact) mass is 452 g/mol. The molecule has 0 fully saturated rings. The number of imide groups is 1. The molecule has 0 N–H and O–H groups in total. The lowest BCUT2D eigenvalue weighted by Crippen LogP contribution is -2.34. The number of hydrogen-bond acceptors (Lipinski definition) is 3. The number of rotatable bonds is 8. The minimum atomic E-state index is -0.280. The van der Waals surface area contributed by atoms with Gasteiger partial charge in [-0.3, -0.25) is 9.59 Å². The minimum Gasteiger partial charge on any atom is -0.365 e. The second-order valence-electron chi connectivity index (χ2n) is 9.08. The molecular weight excluding hydrogens is 420 g/mol. The summed E-state index contributed by atoms with van der Waals surface area (Å²) in [5.41, 5.74) is 6.82. The van der Waals surface area contributed by atoms with E-state index in [9.17, 15) is 9.59 Å². The van der Waals surface area contributed by atoms with Crippen LogP contribution in [0.3, 0.4) is 0 Å². The third-order valence-corrected chi connectivity index (χ3v) is 6.51. The van der Waals surface area contributed by atoms with Gasteiger partial charge in [0.05, 0.1) is 11.3 Å². The van der Waals surface area contributed by atoms with Gasteiger partial charge >= 0.3 is 0 Å². The summed E-state index contributed by atoms with van der Waals surface area (Å²) >= 11 is 0. The molecule has 3 aromatic rings. The van der Waals surface area contributed by atoms with E-state index in [1.165, 1.54) is 10.5 Å². The van der Waals surface area contributed by atoms with E-state index < -0.39 is 0 Å². The van der Waals surface area contributed by atoms with Gasteiger partial charge in [-0.05, 0) is 66.6 Å². The molecular formula is C30H32N2O2. The number of unbranched alkanes of at least 4 members (excludes halogenated alkanes) is 1. The lowest BCUT2D eigenvalue weighted by Gasteiger charge is -2.22. The number of carbonyl (C=O) groups is 2. The van der Waals surface area contributed by atoms with E-state index in [-0.39, 0.29) is 11.8 Å². The van der Waals surface area contributed by atoms with Gasteiger partial charge in [0.25, 0.3) is 11.8 Å². The van der Waals surface area contributed by atoms with E-state index >= 15 is 0 Å². The highest BCUT2D eigenvalue weighted by Gasteiger charge is 2.41. The smallest absolute Gasteiger partial charge is 0.282 e. The molecule has 0 aromatic heterocycles. The van der Waals surface area contributed by atoms with E-state index in [0.717, 1.165) is 41.5 Å². The van der Waals surface area contributed by atoms with Crippen molar-refractivity contribution < 1.29 is 9.59 Å². The third-order valence-electron chi connectivity index (χ3n) is 6.51. The molecule has 1 aliphatic heterocycles. The van der Waals surface area contributed by atoms with Crippen LogP contribution in [0.15, 0.2) is 78.5 Å². The molecule has 2 amide bonds. The highest BCUT2D eigenvalue weighted by atomic mass is 16.2. The summed E-state index contributed by atoms with van der Waals surface area (Å²) in [4.78, 5) is 30.7. The number of hydrogen-bond donors (Lipinski definition) is 0. The van der Waals surface area contributed by atoms with Crippen molar-refractivity contribution in [2.45, 2.75) is 46.6 Å². The van der Waals surface area contributed by atoms with Crippen LogP contribution in [-0.4, -0.2) is 23.8 Å². The molecule has 0 radical (unpaired) electrons. The molecule has 0 bridgehead atoms. The van der Waals surface area contributed by atoms with E-state index in [2.05, 4.69) is 6.92 Å². The predicted octanol–water partition coefficient (Wildman–Crippen LogP) is 6.06. The minimum absolute atomic E-state index is 0.274. The molecule has 0 saturated heterocycles. The summed E-state index contributed by atoms with van der Waals surface area (Å²) in [7, 11) is 1.88. The second-order valence-corrected chi connectivity index (χ2v) is 9.08. The summed E-state index contributed by atoms with van der Waals surface area (Å²) < 4.78 is 0. The number of amides is 2. The normalized spacial score (nSPS) is 13.7. The molecule has 4 nitrogen and oxygen atoms in total. The van der Waals surface area contributed by atoms with Gasteiger partial charge in [0, 0.05) is 13.6 Å². The van der Waals surface area contributed by atoms with Gasteiger partial charge in [-0.25, -0.2) is 4.90 Å². The first kappa shape index (κ1) is 23.5. The summed E-state index contributed by atoms with van der Waals surface area (Å²) in [6, 6.07) is 23.8. The Kier molecular flexibility index (Phi) is 6.97. The van der Waals surface area contributed by atoms with Gasteiger partial charge in [-0.2, -0.15) is 0 Å². The Morgan fingerprint density at radius 3 is 2.15 bits per heavy atom. The second kappa shape index (κ2) is 10.1. The third kappa shape index (κ3) is 4.67. The SMILES string of the molecule is CCCCc1ccc(N2C(=O)C(c3ccc(C)c(C)c3)=C(N(C)Cc3ccccc3)C2=O)cc1. The van der Waals surface area contributed by atoms with Crippen LogP contribution in [0.25, 0.3) is 5.57 Å². The van der Waals surface area contributed by atoms with E-state index in [0.29, 0.717) is 23.5 Å². The average molecular weight is 453 g/mol. The summed E-state index contributed by atoms with van der Waals surface area (Å²) in [5, 5.41) is 0. The molecule has 174 valence electrons. The number of aryl methyl sites for hydroxylation is 3. The summed E-state index contributed by atoms with van der Waals surface area (Å²) in [5.74, 6) is -0.553. The molecule has 0 unspecified atom stereocenters. The van der Waals surface area contributed by atoms with Crippen LogP contribution in [-0.2, 0) is 22.6 Å². The number of benzene rings is 3. The zero-order valence-electron chi connectivity index (χ0n) is 20.5. The quantitative estimate of drug-likeness (QED) is 0.390. The lowest BCUT2D eigenvalue weighted by atomic mass is 9.99. The number of anilines is 1. The van der Waals surface area contributed by atoms with Gasteiger partial charge in [0.2, 0.25) is 0 Å². The van der Waals surface area contributed by atoms with Crippen molar-refractivity contribution in [2.75, 3.05) is 11.9 Å². The Bertz CT molecular complexity index is 1230. The predicted molar refractivity (Wildman–Crippen MR) is 138 cm³/mol. The van der Waals surface area contributed by atoms with Crippen LogP contribution >= 0.6 is 0 Å². The molecule has 34 heavy (non-hydrogen) atoms. The van der Waals surface area contributed by atoms with E-state index in [1.807, 2.05) is 98.6 Å². The van der Waals surface area contributed by atoms with Crippen molar-refractivity contribution in [1.82, 2.24) is 4.90 Å². The first-order valence-electron chi connectivity index (χ1n) is 12.0. The lowest BCUT2D eigenvalue weighted by molar-refractivity contribution is -0.120. The Hall–Kier alpha value is -3.66. The van der Waals surface area contributed by atoms with Gasteiger partial charge in [0.1, 0.15) is 5.70 Å². The van der Waals surface area contributed by atoms with Crippen LogP contribution in [0.1, 0.15) is 47.6 Å². The zero-order valence-corrected chi connectivity index (χ0v) is 20.5. The van der Waals surface area contributed by atoms with Crippen molar-refractivity contribution in [3.8, 4) is 0 Å². The largest absolute Gasteiger partial charge is 0.365 e. The van der Waals surface area contributed by atoms with Crippen molar-refractivity contribution in [3.05, 3.63) is 106 Å². The Morgan fingerprint density at radius 2 is 1.50 bits per heavy atom. The number of nitrogens with zero attached hydrogens (tertiary/aromatic N) is 2. The van der Waals surface area contributed by atoms with Gasteiger partial charge < -0.3 is 4.90 Å². The fourth-order valence-corrected chi connectivity index (χ4v) is 4.39. The highest BCUT2D eigenvalue weighted by molar-refractivity contribution is 6.45. The first-order valence-corrected chi connectivity index (χ1v) is 12.0. The number of likely N-dealkylation sites (N-methyl/N-ethyl adjacent to an activating group) is 1. The molecule has 1 aliphatic rings. The van der Waals surface area contributed by atoms with Crippen LogP contribution < -0.4 is 4.90 Å². The topological polar surface area (TPSA) is 40.6 Å². The van der Waals surface area contributed by atoms with Gasteiger partial charge in [-0.15, -0.1) is 0 Å². The van der Waals surface area contributed by atoms with Crippen LogP contribution in [0.2, 0.25) is 0 Å². The Labute approximate surface area is 202 Å². The fourth-order valence-electron chi connectivity index (χ4n) is 4.39. The molecule has 4 heteroatoms. The zero-order chi connectivity index (χ0) is 24.2. The highest BCUT2D eigenvalue weighted by Crippen LogP contribution is 2.35. The molecule has 1 heterocycles. The van der Waals surface area contributed by atoms with Crippen molar-refractivity contribution in [3.63, 3.8) is 0 Å². The van der Waals surface area contributed by atoms with Crippen molar-refractivity contribution >= 4 is 23.1 Å². The van der Waals surface area contributed by atoms with Gasteiger partial charge in [0.15, 0.2) is 0 Å². The van der Waals surface area contributed by atoms with Crippen molar-refractivity contribution in [2.24, 2.45) is 0 Å². The van der Waals surface area contributed by atoms with Crippen LogP contribution in [0.4, 0.5) is 5.69 Å². The van der Waals surface area contributed by atoms with E-state index in [1.54, 1.807) is 0 Å². The Balaban J connectivity index is 1.74. The van der Waals surface area contributed by atoms with Crippen molar-refractivity contribution in [1.29, 1.82) is 0 Å². The summed E-state index contributed by atoms with van der Waals surface area (Å²) in [6.45, 7) is 6.78. The summed E-state index contributed by atoms with van der Waals surface area (Å²) in [6.07, 6.45) is 3.24. The first-order chi connectivity index (χ1) is 16.4. The molecule has 0 aliphatic carbocycles. The Morgan fingerprint density at radius 1 is 0.794 bits per heavy atom. The number of carbonyl (C=O) groups excluding carboxylic acids is 2. The molecule has 0 saturated carbocycles. The average Bonchev–Trinajstić information content (AvgIpc) is 3.10. The molecule has 0 atom stereocenters. The van der Waals surface area contributed by atoms with Gasteiger partial charge in [-0.1, -0.05) is 74.0 Å². The van der Waals surface area contributed by atoms with Crippen LogP contribution in [0.5, 0.6) is 0 Å². The fraction of sp³-hybridized carbons (Fsp3) is 0.267. The maximum atomic E-state index is 13.8. The standard InChI is InChI=1S/C30H32N2O2/c1-5-6-10-23-14-17-26(18-15-23)32-29(33)27(25-16-13-21(2)22(3)19-25)28(30(32)34)31(4)20-24-11-8-7-9-12-24/h7-9,11-19H,5-6,10,20H2,1-4H3. The molecule has 3 aromatic carbocycles. The van der Waals surface area contributed by atoms with Crippen LogP contribution in [0, 0.1) is 13.8 Å². The molecule has 4 rings (SSSR count). The maximum Gasteiger partial charge on any atom is 0.282 e.